The molecule has 0 aliphatic carbocycles. The molecule has 2 amide bonds. The summed E-state index contributed by atoms with van der Waals surface area (Å²) in [4.78, 5) is 29.2. The molecule has 0 aliphatic rings. The zero-order valence-corrected chi connectivity index (χ0v) is 26.6. The molecule has 1 N–H and O–H groups in total. The second kappa shape index (κ2) is 14.1. The Labute approximate surface area is 254 Å². The van der Waals surface area contributed by atoms with Gasteiger partial charge in [0.25, 0.3) is 10.0 Å². The van der Waals surface area contributed by atoms with Crippen molar-refractivity contribution in [3.8, 4) is 5.75 Å². The summed E-state index contributed by atoms with van der Waals surface area (Å²) in [5.41, 5.74) is 1.21. The normalized spacial score (nSPS) is 12.4. The first-order valence-electron chi connectivity index (χ1n) is 13.9. The van der Waals surface area contributed by atoms with Crippen molar-refractivity contribution >= 4 is 39.1 Å². The third-order valence-corrected chi connectivity index (χ3v) is 8.65. The quantitative estimate of drug-likeness (QED) is 0.272. The van der Waals surface area contributed by atoms with Gasteiger partial charge in [-0.1, -0.05) is 66.6 Å². The van der Waals surface area contributed by atoms with Crippen LogP contribution in [0.3, 0.4) is 0 Å². The van der Waals surface area contributed by atoms with Gasteiger partial charge < -0.3 is 15.0 Å². The summed E-state index contributed by atoms with van der Waals surface area (Å²) in [6.45, 7) is 10.8. The molecule has 0 aromatic heterocycles. The summed E-state index contributed by atoms with van der Waals surface area (Å²) >= 11 is 6.47. The average Bonchev–Trinajstić information content (AvgIpc) is 2.92. The molecule has 3 aromatic carbocycles. The van der Waals surface area contributed by atoms with E-state index >= 15 is 0 Å². The highest BCUT2D eigenvalue weighted by Crippen LogP contribution is 2.33. The Kier molecular flexibility index (Phi) is 11.0. The van der Waals surface area contributed by atoms with Gasteiger partial charge in [0.15, 0.2) is 0 Å². The molecule has 0 saturated heterocycles. The van der Waals surface area contributed by atoms with Crippen LogP contribution < -0.4 is 14.4 Å². The molecule has 8 nitrogen and oxygen atoms in total. The number of hydrogen-bond donors (Lipinski definition) is 1. The van der Waals surface area contributed by atoms with Crippen LogP contribution in [0.4, 0.5) is 5.69 Å². The van der Waals surface area contributed by atoms with Crippen LogP contribution in [0, 0.1) is 6.92 Å². The molecular weight excluding hydrogens is 574 g/mol. The number of ether oxygens (including phenoxy) is 1. The number of halogens is 1. The topological polar surface area (TPSA) is 96.0 Å². The lowest BCUT2D eigenvalue weighted by Gasteiger charge is -2.35. The van der Waals surface area contributed by atoms with E-state index < -0.39 is 34.1 Å². The van der Waals surface area contributed by atoms with E-state index in [1.165, 1.54) is 17.0 Å². The SMILES string of the molecule is CCOc1ccccc1N(CC(=O)N(Cc1ccccc1Cl)C(CC)C(=O)NC(C)(C)C)S(=O)(=O)c1ccc(C)cc1. The minimum atomic E-state index is -4.22. The number of hydrogen-bond acceptors (Lipinski definition) is 5. The summed E-state index contributed by atoms with van der Waals surface area (Å²) in [6.07, 6.45) is 0.304. The molecule has 42 heavy (non-hydrogen) atoms. The van der Waals surface area contributed by atoms with Crippen molar-refractivity contribution in [3.05, 3.63) is 88.9 Å². The van der Waals surface area contributed by atoms with Gasteiger partial charge in [-0.3, -0.25) is 13.9 Å². The first-order chi connectivity index (χ1) is 19.8. The van der Waals surface area contributed by atoms with Gasteiger partial charge in [0.05, 0.1) is 17.2 Å². The second-order valence-corrected chi connectivity index (χ2v) is 13.3. The Morgan fingerprint density at radius 3 is 2.17 bits per heavy atom. The van der Waals surface area contributed by atoms with Crippen molar-refractivity contribution in [1.82, 2.24) is 10.2 Å². The number of carbonyl (C=O) groups is 2. The lowest BCUT2D eigenvalue weighted by Crippen LogP contribution is -2.55. The van der Waals surface area contributed by atoms with Crippen LogP contribution in [-0.2, 0) is 26.2 Å². The Balaban J connectivity index is 2.13. The van der Waals surface area contributed by atoms with Crippen LogP contribution in [0.2, 0.25) is 5.02 Å². The van der Waals surface area contributed by atoms with Crippen molar-refractivity contribution in [2.75, 3.05) is 17.5 Å². The number of rotatable bonds is 12. The monoisotopic (exact) mass is 613 g/mol. The summed E-state index contributed by atoms with van der Waals surface area (Å²) in [7, 11) is -4.22. The van der Waals surface area contributed by atoms with Crippen LogP contribution in [-0.4, -0.2) is 49.9 Å². The minimum absolute atomic E-state index is 0.0140. The predicted octanol–water partition coefficient (Wildman–Crippen LogP) is 5.96. The third kappa shape index (κ3) is 8.26. The number of benzene rings is 3. The van der Waals surface area contributed by atoms with E-state index in [0.29, 0.717) is 29.4 Å². The molecule has 3 aromatic rings. The van der Waals surface area contributed by atoms with Crippen molar-refractivity contribution in [2.45, 2.75) is 71.0 Å². The fourth-order valence-corrected chi connectivity index (χ4v) is 6.09. The van der Waals surface area contributed by atoms with Gasteiger partial charge in [0.1, 0.15) is 18.3 Å². The van der Waals surface area contributed by atoms with Crippen molar-refractivity contribution < 1.29 is 22.7 Å². The zero-order chi connectivity index (χ0) is 31.1. The molecule has 0 spiro atoms. The number of para-hydroxylation sites is 2. The molecule has 0 fully saturated rings. The zero-order valence-electron chi connectivity index (χ0n) is 25.1. The smallest absolute Gasteiger partial charge is 0.264 e. The Bertz CT molecular complexity index is 1490. The highest BCUT2D eigenvalue weighted by molar-refractivity contribution is 7.92. The number of amides is 2. The fraction of sp³-hybridized carbons (Fsp3) is 0.375. The highest BCUT2D eigenvalue weighted by atomic mass is 35.5. The van der Waals surface area contributed by atoms with E-state index in [1.54, 1.807) is 67.6 Å². The molecule has 0 saturated carbocycles. The summed E-state index contributed by atoms with van der Waals surface area (Å²) in [5.74, 6) is -0.584. The first-order valence-corrected chi connectivity index (χ1v) is 15.8. The number of carbonyl (C=O) groups excluding carboxylic acids is 2. The van der Waals surface area contributed by atoms with Crippen LogP contribution >= 0.6 is 11.6 Å². The van der Waals surface area contributed by atoms with E-state index in [0.717, 1.165) is 9.87 Å². The average molecular weight is 614 g/mol. The molecule has 0 aliphatic heterocycles. The maximum absolute atomic E-state index is 14.3. The Hall–Kier alpha value is -3.56. The van der Waals surface area contributed by atoms with Gasteiger partial charge in [-0.25, -0.2) is 8.42 Å². The molecule has 10 heteroatoms. The predicted molar refractivity (Wildman–Crippen MR) is 167 cm³/mol. The van der Waals surface area contributed by atoms with Crippen molar-refractivity contribution in [3.63, 3.8) is 0 Å². The van der Waals surface area contributed by atoms with Crippen molar-refractivity contribution in [1.29, 1.82) is 0 Å². The van der Waals surface area contributed by atoms with E-state index in [9.17, 15) is 18.0 Å². The highest BCUT2D eigenvalue weighted by Gasteiger charge is 2.35. The molecular formula is C32H40ClN3O5S. The van der Waals surface area contributed by atoms with Crippen LogP contribution in [0.1, 0.15) is 52.2 Å². The maximum Gasteiger partial charge on any atom is 0.264 e. The minimum Gasteiger partial charge on any atom is -0.492 e. The summed E-state index contributed by atoms with van der Waals surface area (Å²) < 4.78 is 35.1. The van der Waals surface area contributed by atoms with Gasteiger partial charge in [-0.05, 0) is 76.9 Å². The second-order valence-electron chi connectivity index (χ2n) is 11.0. The summed E-state index contributed by atoms with van der Waals surface area (Å²) in [6, 6.07) is 19.3. The van der Waals surface area contributed by atoms with E-state index in [-0.39, 0.29) is 23.0 Å². The molecule has 0 bridgehead atoms. The maximum atomic E-state index is 14.3. The summed E-state index contributed by atoms with van der Waals surface area (Å²) in [5, 5.41) is 3.40. The molecule has 1 unspecified atom stereocenters. The number of nitrogens with zero attached hydrogens (tertiary/aromatic N) is 2. The van der Waals surface area contributed by atoms with Gasteiger partial charge in [0, 0.05) is 17.1 Å². The number of aryl methyl sites for hydroxylation is 1. The lowest BCUT2D eigenvalue weighted by atomic mass is 10.1. The number of nitrogens with one attached hydrogen (secondary N) is 1. The van der Waals surface area contributed by atoms with Gasteiger partial charge >= 0.3 is 0 Å². The molecule has 0 heterocycles. The Morgan fingerprint density at radius 2 is 1.57 bits per heavy atom. The number of anilines is 1. The molecule has 1 atom stereocenters. The van der Waals surface area contributed by atoms with Gasteiger partial charge in [-0.15, -0.1) is 0 Å². The molecule has 226 valence electrons. The van der Waals surface area contributed by atoms with E-state index in [1.807, 2.05) is 34.6 Å². The van der Waals surface area contributed by atoms with Crippen LogP contribution in [0.15, 0.2) is 77.7 Å². The third-order valence-electron chi connectivity index (χ3n) is 6.50. The largest absolute Gasteiger partial charge is 0.492 e. The van der Waals surface area contributed by atoms with E-state index in [4.69, 9.17) is 16.3 Å². The van der Waals surface area contributed by atoms with Crippen LogP contribution in [0.5, 0.6) is 5.75 Å². The fourth-order valence-electron chi connectivity index (χ4n) is 4.47. The Morgan fingerprint density at radius 1 is 0.952 bits per heavy atom. The van der Waals surface area contributed by atoms with Crippen LogP contribution in [0.25, 0.3) is 0 Å². The van der Waals surface area contributed by atoms with Crippen molar-refractivity contribution in [2.24, 2.45) is 0 Å². The molecule has 3 rings (SSSR count). The standard InChI is InChI=1S/C32H40ClN3O5S/c1-7-27(31(38)34-32(4,5)6)35(21-24-13-9-10-14-26(24)33)30(37)22-36(28-15-11-12-16-29(28)41-8-2)42(39,40)25-19-17-23(3)18-20-25/h9-20,27H,7-8,21-22H2,1-6H3,(H,34,38). The van der Waals surface area contributed by atoms with Gasteiger partial charge in [-0.2, -0.15) is 0 Å². The lowest BCUT2D eigenvalue weighted by molar-refractivity contribution is -0.141. The molecule has 0 radical (unpaired) electrons. The van der Waals surface area contributed by atoms with Gasteiger partial charge in [0.2, 0.25) is 11.8 Å². The number of sulfonamides is 1. The van der Waals surface area contributed by atoms with E-state index in [2.05, 4.69) is 5.32 Å². The first kappa shape index (κ1) is 32.9.